The van der Waals surface area contributed by atoms with E-state index in [2.05, 4.69) is 52.0 Å². The molecule has 0 radical (unpaired) electrons. The summed E-state index contributed by atoms with van der Waals surface area (Å²) in [5.74, 6) is 0. The van der Waals surface area contributed by atoms with Gasteiger partial charge < -0.3 is 4.74 Å². The van der Waals surface area contributed by atoms with Crippen LogP contribution in [0.3, 0.4) is 0 Å². The molecule has 20 heavy (non-hydrogen) atoms. The second kappa shape index (κ2) is 6.20. The summed E-state index contributed by atoms with van der Waals surface area (Å²) >= 11 is 3.52. The van der Waals surface area contributed by atoms with Gasteiger partial charge in [-0.1, -0.05) is 40.2 Å². The second-order valence-electron chi connectivity index (χ2n) is 5.41. The number of fused-ring (bicyclic) bond motifs is 1. The maximum Gasteiger partial charge on any atom is 0.0802 e. The zero-order valence-corrected chi connectivity index (χ0v) is 13.2. The van der Waals surface area contributed by atoms with Crippen molar-refractivity contribution in [1.82, 2.24) is 9.88 Å². The van der Waals surface area contributed by atoms with Crippen LogP contribution in [0.1, 0.15) is 12.6 Å². The minimum Gasteiger partial charge on any atom is -0.372 e. The first-order chi connectivity index (χ1) is 9.74. The van der Waals surface area contributed by atoms with E-state index in [1.807, 2.05) is 12.1 Å². The van der Waals surface area contributed by atoms with Crippen LogP contribution in [0.15, 0.2) is 36.4 Å². The van der Waals surface area contributed by atoms with Crippen molar-refractivity contribution in [2.24, 2.45) is 0 Å². The van der Waals surface area contributed by atoms with Crippen LogP contribution in [-0.2, 0) is 11.3 Å². The molecule has 0 saturated carbocycles. The Labute approximate surface area is 128 Å². The Bertz CT molecular complexity index is 589. The number of hydrogen-bond acceptors (Lipinski definition) is 3. The van der Waals surface area contributed by atoms with Gasteiger partial charge in [0.2, 0.25) is 0 Å². The fourth-order valence-corrected chi connectivity index (χ4v) is 3.14. The van der Waals surface area contributed by atoms with Gasteiger partial charge in [-0.15, -0.1) is 0 Å². The lowest BCUT2D eigenvalue weighted by Crippen LogP contribution is -2.46. The van der Waals surface area contributed by atoms with Crippen molar-refractivity contribution in [1.29, 1.82) is 0 Å². The van der Waals surface area contributed by atoms with Crippen LogP contribution < -0.4 is 0 Å². The summed E-state index contributed by atoms with van der Waals surface area (Å²) in [5.41, 5.74) is 2.20. The van der Waals surface area contributed by atoms with E-state index in [4.69, 9.17) is 9.72 Å². The third-order valence-corrected chi connectivity index (χ3v) is 4.34. The molecule has 0 spiro atoms. The molecule has 4 heteroatoms. The summed E-state index contributed by atoms with van der Waals surface area (Å²) in [6, 6.07) is 12.5. The number of ether oxygens (including phenoxy) is 1. The minimum absolute atomic E-state index is 0.277. The minimum atomic E-state index is 0.277. The number of hydrogen-bond donors (Lipinski definition) is 0. The highest BCUT2D eigenvalue weighted by Gasteiger charge is 2.24. The van der Waals surface area contributed by atoms with Crippen LogP contribution in [-0.4, -0.2) is 40.5 Å². The van der Waals surface area contributed by atoms with E-state index >= 15 is 0 Å². The molecule has 2 unspecified atom stereocenters. The number of halogens is 1. The highest BCUT2D eigenvalue weighted by Crippen LogP contribution is 2.17. The number of nitrogens with zero attached hydrogens (tertiary/aromatic N) is 2. The van der Waals surface area contributed by atoms with Gasteiger partial charge in [0.25, 0.3) is 0 Å². The Morgan fingerprint density at radius 3 is 2.95 bits per heavy atom. The van der Waals surface area contributed by atoms with Crippen molar-refractivity contribution in [3.8, 4) is 0 Å². The van der Waals surface area contributed by atoms with Gasteiger partial charge in [0.1, 0.15) is 0 Å². The van der Waals surface area contributed by atoms with Crippen LogP contribution in [0.2, 0.25) is 0 Å². The monoisotopic (exact) mass is 334 g/mol. The lowest BCUT2D eigenvalue weighted by Gasteiger charge is -2.35. The Morgan fingerprint density at radius 2 is 2.10 bits per heavy atom. The van der Waals surface area contributed by atoms with Gasteiger partial charge in [0, 0.05) is 30.4 Å². The van der Waals surface area contributed by atoms with Gasteiger partial charge in [-0.3, -0.25) is 9.88 Å². The van der Waals surface area contributed by atoms with Gasteiger partial charge in [-0.2, -0.15) is 0 Å². The summed E-state index contributed by atoms with van der Waals surface area (Å²) < 4.78 is 5.86. The molecule has 1 aromatic carbocycles. The lowest BCUT2D eigenvalue weighted by molar-refractivity contribution is -0.0680. The normalized spacial score (nSPS) is 24.1. The lowest BCUT2D eigenvalue weighted by atomic mass is 10.2. The maximum atomic E-state index is 5.86. The molecule has 1 saturated heterocycles. The van der Waals surface area contributed by atoms with Crippen molar-refractivity contribution in [2.45, 2.75) is 25.7 Å². The van der Waals surface area contributed by atoms with Crippen molar-refractivity contribution in [2.75, 3.05) is 18.4 Å². The third-order valence-electron chi connectivity index (χ3n) is 3.62. The molecule has 3 rings (SSSR count). The molecule has 1 aliphatic rings. The van der Waals surface area contributed by atoms with Crippen molar-refractivity contribution in [3.63, 3.8) is 0 Å². The predicted octanol–water partition coefficient (Wildman–Crippen LogP) is 3.22. The molecule has 3 nitrogen and oxygen atoms in total. The van der Waals surface area contributed by atoms with Gasteiger partial charge in [0.15, 0.2) is 0 Å². The number of rotatable bonds is 3. The number of aromatic nitrogens is 1. The zero-order chi connectivity index (χ0) is 13.9. The van der Waals surface area contributed by atoms with Gasteiger partial charge in [0.05, 0.1) is 23.4 Å². The average molecular weight is 335 g/mol. The van der Waals surface area contributed by atoms with Gasteiger partial charge >= 0.3 is 0 Å². The van der Waals surface area contributed by atoms with Crippen LogP contribution >= 0.6 is 15.9 Å². The molecule has 1 aromatic heterocycles. The topological polar surface area (TPSA) is 25.4 Å². The summed E-state index contributed by atoms with van der Waals surface area (Å²) in [7, 11) is 0. The summed E-state index contributed by atoms with van der Waals surface area (Å²) in [5, 5.41) is 2.09. The molecule has 1 aliphatic heterocycles. The van der Waals surface area contributed by atoms with Gasteiger partial charge in [-0.05, 0) is 19.1 Å². The van der Waals surface area contributed by atoms with E-state index in [1.165, 1.54) is 5.39 Å². The molecule has 0 bridgehead atoms. The molecule has 0 aliphatic carbocycles. The van der Waals surface area contributed by atoms with Crippen LogP contribution in [0.25, 0.3) is 10.9 Å². The molecule has 2 aromatic rings. The highest BCUT2D eigenvalue weighted by atomic mass is 79.9. The first-order valence-electron chi connectivity index (χ1n) is 7.03. The van der Waals surface area contributed by atoms with Crippen molar-refractivity contribution >= 4 is 26.8 Å². The first kappa shape index (κ1) is 14.0. The van der Waals surface area contributed by atoms with E-state index in [9.17, 15) is 0 Å². The standard InChI is InChI=1S/C16H19BrN2O/c1-12-9-19(11-15(8-17)20-12)10-14-7-6-13-4-2-3-5-16(13)18-14/h2-7,12,15H,8-11H2,1H3. The summed E-state index contributed by atoms with van der Waals surface area (Å²) in [4.78, 5) is 7.18. The quantitative estimate of drug-likeness (QED) is 0.806. The Kier molecular flexibility index (Phi) is 4.34. The largest absolute Gasteiger partial charge is 0.372 e. The van der Waals surface area contributed by atoms with E-state index < -0.39 is 0 Å². The zero-order valence-electron chi connectivity index (χ0n) is 11.6. The number of benzene rings is 1. The molecule has 1 fully saturated rings. The van der Waals surface area contributed by atoms with Gasteiger partial charge in [-0.25, -0.2) is 0 Å². The van der Waals surface area contributed by atoms with E-state index in [0.29, 0.717) is 0 Å². The first-order valence-corrected chi connectivity index (χ1v) is 8.15. The summed E-state index contributed by atoms with van der Waals surface area (Å²) in [6.07, 6.45) is 0.561. The fraction of sp³-hybridized carbons (Fsp3) is 0.438. The number of morpholine rings is 1. The van der Waals surface area contributed by atoms with Crippen LogP contribution in [0, 0.1) is 0 Å². The number of alkyl halides is 1. The molecular formula is C16H19BrN2O. The number of para-hydroxylation sites is 1. The molecule has 2 heterocycles. The van der Waals surface area contributed by atoms with E-state index in [0.717, 1.165) is 36.2 Å². The Morgan fingerprint density at radius 1 is 1.25 bits per heavy atom. The highest BCUT2D eigenvalue weighted by molar-refractivity contribution is 9.09. The Hall–Kier alpha value is -0.970. The van der Waals surface area contributed by atoms with Crippen molar-refractivity contribution in [3.05, 3.63) is 42.1 Å². The molecular weight excluding hydrogens is 316 g/mol. The van der Waals surface area contributed by atoms with Crippen molar-refractivity contribution < 1.29 is 4.74 Å². The third kappa shape index (κ3) is 3.19. The summed E-state index contributed by atoms with van der Waals surface area (Å²) in [6.45, 7) is 4.96. The smallest absolute Gasteiger partial charge is 0.0802 e. The predicted molar refractivity (Wildman–Crippen MR) is 85.1 cm³/mol. The fourth-order valence-electron chi connectivity index (χ4n) is 2.78. The Balaban J connectivity index is 1.75. The molecule has 2 atom stereocenters. The van der Waals surface area contributed by atoms with E-state index in [1.54, 1.807) is 0 Å². The van der Waals surface area contributed by atoms with Crippen LogP contribution in [0.4, 0.5) is 0 Å². The second-order valence-corrected chi connectivity index (χ2v) is 6.06. The molecule has 106 valence electrons. The van der Waals surface area contributed by atoms with E-state index in [-0.39, 0.29) is 12.2 Å². The number of pyridine rings is 1. The average Bonchev–Trinajstić information content (AvgIpc) is 2.46. The molecule has 0 N–H and O–H groups in total. The SMILES string of the molecule is CC1CN(Cc2ccc3ccccc3n2)CC(CBr)O1. The maximum absolute atomic E-state index is 5.86. The molecule has 0 amide bonds. The van der Waals surface area contributed by atoms with Crippen LogP contribution in [0.5, 0.6) is 0 Å².